The van der Waals surface area contributed by atoms with E-state index in [2.05, 4.69) is 21.9 Å². The van der Waals surface area contributed by atoms with Crippen LogP contribution in [0.15, 0.2) is 60.9 Å². The average Bonchev–Trinajstić information content (AvgIpc) is 2.81. The van der Waals surface area contributed by atoms with E-state index in [0.717, 1.165) is 36.1 Å². The molecule has 0 amide bonds. The monoisotopic (exact) mass is 411 g/mol. The molecule has 1 aliphatic rings. The maximum absolute atomic E-state index is 11.2. The number of para-hydroxylation sites is 1. The summed E-state index contributed by atoms with van der Waals surface area (Å²) in [7, 11) is 3.09. The summed E-state index contributed by atoms with van der Waals surface area (Å²) in [5.41, 5.74) is 1.91. The lowest BCUT2D eigenvalue weighted by atomic mass is 9.91. The van der Waals surface area contributed by atoms with Gasteiger partial charge >= 0.3 is 5.97 Å². The molecule has 3 atom stereocenters. The Labute approximate surface area is 177 Å². The molecule has 30 heavy (non-hydrogen) atoms. The van der Waals surface area contributed by atoms with Gasteiger partial charge in [0, 0.05) is 35.9 Å². The van der Waals surface area contributed by atoms with Gasteiger partial charge in [0.05, 0.1) is 26.9 Å². The Balaban J connectivity index is 1.69. The standard InChI is InChI=1S/C24H29NO5/c1-27-21-13-8-7-12-20(21)23-19(10-5-3-4-6-14-22(26)28-2)17-29-24(30-23)18-11-9-15-25-16-18/h3,5,7-9,11-13,15-16,19,23-24H,4,6,10,14,17H2,1-2H3/b5-3-. The molecule has 2 heterocycles. The number of rotatable bonds is 9. The van der Waals surface area contributed by atoms with E-state index >= 15 is 0 Å². The van der Waals surface area contributed by atoms with E-state index < -0.39 is 6.29 Å². The second-order valence-corrected chi connectivity index (χ2v) is 7.19. The third kappa shape index (κ3) is 5.90. The second-order valence-electron chi connectivity index (χ2n) is 7.19. The maximum atomic E-state index is 11.2. The van der Waals surface area contributed by atoms with Gasteiger partial charge in [0.1, 0.15) is 5.75 Å². The van der Waals surface area contributed by atoms with Crippen molar-refractivity contribution in [1.82, 2.24) is 4.98 Å². The highest BCUT2D eigenvalue weighted by atomic mass is 16.7. The van der Waals surface area contributed by atoms with Crippen molar-refractivity contribution in [3.63, 3.8) is 0 Å². The number of hydrogen-bond acceptors (Lipinski definition) is 6. The Morgan fingerprint density at radius 3 is 2.83 bits per heavy atom. The number of allylic oxidation sites excluding steroid dienone is 2. The number of pyridine rings is 1. The van der Waals surface area contributed by atoms with Crippen LogP contribution in [0.25, 0.3) is 0 Å². The molecule has 160 valence electrons. The lowest BCUT2D eigenvalue weighted by Crippen LogP contribution is -2.30. The van der Waals surface area contributed by atoms with Crippen molar-refractivity contribution in [3.8, 4) is 5.75 Å². The number of esters is 1. The van der Waals surface area contributed by atoms with Crippen LogP contribution in [0.5, 0.6) is 5.75 Å². The predicted octanol–water partition coefficient (Wildman–Crippen LogP) is 4.78. The Bertz CT molecular complexity index is 823. The molecule has 0 radical (unpaired) electrons. The van der Waals surface area contributed by atoms with Gasteiger partial charge < -0.3 is 18.9 Å². The second kappa shape index (κ2) is 11.5. The zero-order chi connectivity index (χ0) is 21.2. The number of aromatic nitrogens is 1. The van der Waals surface area contributed by atoms with Crippen LogP contribution in [0, 0.1) is 5.92 Å². The van der Waals surface area contributed by atoms with Crippen LogP contribution < -0.4 is 4.74 Å². The first-order valence-electron chi connectivity index (χ1n) is 10.2. The first-order chi connectivity index (χ1) is 14.7. The number of benzene rings is 1. The Morgan fingerprint density at radius 2 is 2.07 bits per heavy atom. The molecule has 2 aromatic rings. The molecule has 0 aliphatic carbocycles. The molecule has 1 aromatic heterocycles. The summed E-state index contributed by atoms with van der Waals surface area (Å²) in [4.78, 5) is 15.4. The Hall–Kier alpha value is -2.70. The van der Waals surface area contributed by atoms with Gasteiger partial charge in [0.2, 0.25) is 0 Å². The molecule has 3 rings (SSSR count). The molecular formula is C24H29NO5. The minimum absolute atomic E-state index is 0.145. The van der Waals surface area contributed by atoms with Gasteiger partial charge in [-0.1, -0.05) is 36.4 Å². The van der Waals surface area contributed by atoms with Gasteiger partial charge in [-0.25, -0.2) is 0 Å². The fraction of sp³-hybridized carbons (Fsp3) is 0.417. The van der Waals surface area contributed by atoms with Crippen molar-refractivity contribution in [3.05, 3.63) is 72.1 Å². The minimum Gasteiger partial charge on any atom is -0.496 e. The highest BCUT2D eigenvalue weighted by molar-refractivity contribution is 5.69. The molecule has 6 heteroatoms. The van der Waals surface area contributed by atoms with Gasteiger partial charge in [0.25, 0.3) is 0 Å². The van der Waals surface area contributed by atoms with Crippen LogP contribution in [0.3, 0.4) is 0 Å². The zero-order valence-corrected chi connectivity index (χ0v) is 17.5. The summed E-state index contributed by atoms with van der Waals surface area (Å²) in [5, 5.41) is 0. The summed E-state index contributed by atoms with van der Waals surface area (Å²) in [6.07, 6.45) is 9.98. The maximum Gasteiger partial charge on any atom is 0.305 e. The number of nitrogens with zero attached hydrogens (tertiary/aromatic N) is 1. The number of ether oxygens (including phenoxy) is 4. The van der Waals surface area contributed by atoms with Crippen molar-refractivity contribution in [2.45, 2.75) is 38.1 Å². The summed E-state index contributed by atoms with van der Waals surface area (Å²) in [6.45, 7) is 0.564. The molecule has 1 fully saturated rings. The van der Waals surface area contributed by atoms with Crippen LogP contribution in [0.1, 0.15) is 49.2 Å². The lowest BCUT2D eigenvalue weighted by Gasteiger charge is -2.37. The zero-order valence-electron chi connectivity index (χ0n) is 17.5. The smallest absolute Gasteiger partial charge is 0.305 e. The van der Waals surface area contributed by atoms with E-state index in [1.165, 1.54) is 7.11 Å². The summed E-state index contributed by atoms with van der Waals surface area (Å²) in [5.74, 6) is 0.780. The van der Waals surface area contributed by atoms with Crippen LogP contribution >= 0.6 is 0 Å². The molecule has 1 saturated heterocycles. The normalized spacial score (nSPS) is 21.5. The van der Waals surface area contributed by atoms with Crippen molar-refractivity contribution in [2.24, 2.45) is 5.92 Å². The number of unbranched alkanes of at least 4 members (excludes halogenated alkanes) is 1. The van der Waals surface area contributed by atoms with Crippen LogP contribution in [0.2, 0.25) is 0 Å². The molecule has 0 N–H and O–H groups in total. The summed E-state index contributed by atoms with van der Waals surface area (Å²) < 4.78 is 22.7. The van der Waals surface area contributed by atoms with E-state index in [4.69, 9.17) is 14.2 Å². The highest BCUT2D eigenvalue weighted by Gasteiger charge is 2.34. The Kier molecular flexibility index (Phi) is 8.41. The number of methoxy groups -OCH3 is 2. The van der Waals surface area contributed by atoms with Gasteiger partial charge in [-0.15, -0.1) is 0 Å². The van der Waals surface area contributed by atoms with Crippen molar-refractivity contribution in [2.75, 3.05) is 20.8 Å². The van der Waals surface area contributed by atoms with Crippen molar-refractivity contribution < 1.29 is 23.7 Å². The van der Waals surface area contributed by atoms with E-state index in [1.54, 1.807) is 19.5 Å². The van der Waals surface area contributed by atoms with Gasteiger partial charge in [-0.3, -0.25) is 9.78 Å². The fourth-order valence-electron chi connectivity index (χ4n) is 3.55. The van der Waals surface area contributed by atoms with Crippen molar-refractivity contribution >= 4 is 5.97 Å². The third-order valence-electron chi connectivity index (χ3n) is 5.15. The first-order valence-corrected chi connectivity index (χ1v) is 10.2. The van der Waals surface area contributed by atoms with E-state index in [9.17, 15) is 4.79 Å². The van der Waals surface area contributed by atoms with Crippen LogP contribution in [-0.2, 0) is 19.0 Å². The largest absolute Gasteiger partial charge is 0.496 e. The number of carbonyl (C=O) groups is 1. The minimum atomic E-state index is -0.464. The van der Waals surface area contributed by atoms with Crippen LogP contribution in [-0.4, -0.2) is 31.8 Å². The number of carbonyl (C=O) groups excluding carboxylic acids is 1. The summed E-state index contributed by atoms with van der Waals surface area (Å²) in [6, 6.07) is 11.8. The third-order valence-corrected chi connectivity index (χ3v) is 5.15. The molecular weight excluding hydrogens is 382 g/mol. The molecule has 0 saturated carbocycles. The summed E-state index contributed by atoms with van der Waals surface area (Å²) >= 11 is 0. The van der Waals surface area contributed by atoms with Gasteiger partial charge in [-0.05, 0) is 31.4 Å². The molecule has 1 aliphatic heterocycles. The van der Waals surface area contributed by atoms with Crippen LogP contribution in [0.4, 0.5) is 0 Å². The van der Waals surface area contributed by atoms with Crippen molar-refractivity contribution in [1.29, 1.82) is 0 Å². The fourth-order valence-corrected chi connectivity index (χ4v) is 3.55. The van der Waals surface area contributed by atoms with E-state index in [-0.39, 0.29) is 18.0 Å². The van der Waals surface area contributed by atoms with E-state index in [0.29, 0.717) is 13.0 Å². The molecule has 3 unspecified atom stereocenters. The first kappa shape index (κ1) is 22.0. The predicted molar refractivity (Wildman–Crippen MR) is 113 cm³/mol. The van der Waals surface area contributed by atoms with Gasteiger partial charge in [-0.2, -0.15) is 0 Å². The Morgan fingerprint density at radius 1 is 1.20 bits per heavy atom. The molecule has 1 aromatic carbocycles. The molecule has 0 bridgehead atoms. The average molecular weight is 411 g/mol. The topological polar surface area (TPSA) is 66.9 Å². The molecule has 0 spiro atoms. The van der Waals surface area contributed by atoms with Gasteiger partial charge in [0.15, 0.2) is 6.29 Å². The SMILES string of the molecule is COC(=O)CCC/C=C\CC1COC(c2cccnc2)OC1c1ccccc1OC. The molecule has 6 nitrogen and oxygen atoms in total. The number of hydrogen-bond donors (Lipinski definition) is 0. The quantitative estimate of drug-likeness (QED) is 0.336. The highest BCUT2D eigenvalue weighted by Crippen LogP contribution is 2.42. The van der Waals surface area contributed by atoms with E-state index in [1.807, 2.05) is 36.4 Å². The lowest BCUT2D eigenvalue weighted by molar-refractivity contribution is -0.244.